The molecule has 1 aromatic rings. The van der Waals surface area contributed by atoms with Crippen molar-refractivity contribution < 1.29 is 12.6 Å². The average Bonchev–Trinajstić information content (AvgIpc) is 2.18. The van der Waals surface area contributed by atoms with Crippen LogP contribution in [0.4, 0.5) is 11.4 Å². The highest BCUT2D eigenvalue weighted by Gasteiger charge is 2.15. The Morgan fingerprint density at radius 2 is 1.33 bits per heavy atom. The van der Waals surface area contributed by atoms with Gasteiger partial charge in [-0.25, -0.2) is 0 Å². The van der Waals surface area contributed by atoms with Crippen molar-refractivity contribution in [3.8, 4) is 5.75 Å². The van der Waals surface area contributed by atoms with Crippen LogP contribution in [0, 0.1) is 20.8 Å². The van der Waals surface area contributed by atoms with E-state index >= 15 is 0 Å². The summed E-state index contributed by atoms with van der Waals surface area (Å²) in [5.41, 5.74) is 14.4. The molecule has 0 spiro atoms. The van der Waals surface area contributed by atoms with Gasteiger partial charge in [-0.15, -0.1) is 0 Å². The molecule has 0 unspecified atom stereocenters. The van der Waals surface area contributed by atoms with E-state index in [4.69, 9.17) is 11.5 Å². The van der Waals surface area contributed by atoms with Crippen LogP contribution in [0.2, 0.25) is 0 Å². The quantitative estimate of drug-likeness (QED) is 0.513. The van der Waals surface area contributed by atoms with Gasteiger partial charge in [-0.2, -0.15) is 8.42 Å². The first kappa shape index (κ1) is 11.6. The average molecular weight is 230 g/mol. The number of rotatable bonds is 2. The molecular weight excluding hydrogens is 216 g/mol. The van der Waals surface area contributed by atoms with E-state index in [9.17, 15) is 8.42 Å². The lowest BCUT2D eigenvalue weighted by Crippen LogP contribution is -2.05. The number of thiol groups is 1. The van der Waals surface area contributed by atoms with Gasteiger partial charge in [-0.3, -0.25) is 0 Å². The van der Waals surface area contributed by atoms with Gasteiger partial charge in [0.05, 0.1) is 0 Å². The normalized spacial score (nSPS) is 10.7. The maximum atomic E-state index is 10.5. The fraction of sp³-hybridized carbons (Fsp3) is 0.333. The van der Waals surface area contributed by atoms with Crippen molar-refractivity contribution in [1.82, 2.24) is 0 Å². The zero-order valence-electron chi connectivity index (χ0n) is 8.83. The minimum Gasteiger partial charge on any atom is -0.398 e. The van der Waals surface area contributed by atoms with E-state index in [-0.39, 0.29) is 5.75 Å². The maximum absolute atomic E-state index is 10.5. The lowest BCUT2D eigenvalue weighted by molar-refractivity contribution is 0.507. The number of hydrogen-bond donors (Lipinski definition) is 3. The summed E-state index contributed by atoms with van der Waals surface area (Å²) < 4.78 is 25.7. The standard InChI is InChI=1S/C9H14N2O3S/c1-4-7(10)5(2)9(14-15(12)13)6(3)8(4)11/h15H,10-11H2,1-3H3. The summed E-state index contributed by atoms with van der Waals surface area (Å²) in [5.74, 6) is 0.228. The molecule has 0 amide bonds. The first-order valence-corrected chi connectivity index (χ1v) is 5.42. The molecule has 0 bridgehead atoms. The number of hydrogen-bond acceptors (Lipinski definition) is 5. The van der Waals surface area contributed by atoms with Gasteiger partial charge in [0.25, 0.3) is 11.0 Å². The van der Waals surface area contributed by atoms with Crippen molar-refractivity contribution in [3.05, 3.63) is 16.7 Å². The molecular formula is C9H14N2O3S. The van der Waals surface area contributed by atoms with Crippen LogP contribution in [-0.4, -0.2) is 8.42 Å². The summed E-state index contributed by atoms with van der Waals surface area (Å²) in [5, 5.41) is 0. The minimum absolute atomic E-state index is 0.228. The molecule has 0 radical (unpaired) electrons. The summed E-state index contributed by atoms with van der Waals surface area (Å²) in [6.45, 7) is 5.18. The van der Waals surface area contributed by atoms with E-state index in [0.29, 0.717) is 22.5 Å². The van der Waals surface area contributed by atoms with Crippen molar-refractivity contribution >= 4 is 22.4 Å². The van der Waals surface area contributed by atoms with E-state index < -0.39 is 11.0 Å². The molecule has 5 nitrogen and oxygen atoms in total. The molecule has 6 heteroatoms. The summed E-state index contributed by atoms with van der Waals surface area (Å²) >= 11 is 0. The molecule has 15 heavy (non-hydrogen) atoms. The second-order valence-electron chi connectivity index (χ2n) is 3.35. The Balaban J connectivity index is 3.52. The summed E-state index contributed by atoms with van der Waals surface area (Å²) in [7, 11) is -2.95. The van der Waals surface area contributed by atoms with Crippen molar-refractivity contribution in [1.29, 1.82) is 0 Å². The Kier molecular flexibility index (Phi) is 3.09. The Bertz CT molecular complexity index is 444. The molecule has 84 valence electrons. The molecule has 0 aliphatic rings. The molecule has 0 fully saturated rings. The highest BCUT2D eigenvalue weighted by molar-refractivity contribution is 7.67. The van der Waals surface area contributed by atoms with Gasteiger partial charge in [0.1, 0.15) is 0 Å². The van der Waals surface area contributed by atoms with Crippen LogP contribution < -0.4 is 15.7 Å². The van der Waals surface area contributed by atoms with E-state index in [2.05, 4.69) is 4.18 Å². The van der Waals surface area contributed by atoms with Gasteiger partial charge >= 0.3 is 0 Å². The molecule has 0 atom stereocenters. The fourth-order valence-electron chi connectivity index (χ4n) is 1.44. The van der Waals surface area contributed by atoms with Crippen molar-refractivity contribution in [2.24, 2.45) is 0 Å². The molecule has 0 saturated heterocycles. The first-order chi connectivity index (χ1) is 6.86. The van der Waals surface area contributed by atoms with Crippen LogP contribution in [0.3, 0.4) is 0 Å². The smallest absolute Gasteiger partial charge is 0.299 e. The van der Waals surface area contributed by atoms with Crippen LogP contribution in [0.1, 0.15) is 16.7 Å². The van der Waals surface area contributed by atoms with E-state index in [1.54, 1.807) is 20.8 Å². The van der Waals surface area contributed by atoms with Crippen LogP contribution in [0.5, 0.6) is 5.75 Å². The Hall–Kier alpha value is -1.43. The number of nitrogen functional groups attached to an aromatic ring is 2. The highest BCUT2D eigenvalue weighted by atomic mass is 32.2. The number of anilines is 2. The van der Waals surface area contributed by atoms with Crippen LogP contribution in [-0.2, 0) is 11.0 Å². The zero-order chi connectivity index (χ0) is 11.7. The number of benzene rings is 1. The largest absolute Gasteiger partial charge is 0.398 e. The summed E-state index contributed by atoms with van der Waals surface area (Å²) in [6, 6.07) is 0. The molecule has 0 aliphatic heterocycles. The van der Waals surface area contributed by atoms with E-state index in [0.717, 1.165) is 5.56 Å². The van der Waals surface area contributed by atoms with Crippen LogP contribution >= 0.6 is 0 Å². The zero-order valence-corrected chi connectivity index (χ0v) is 9.72. The topological polar surface area (TPSA) is 95.4 Å². The molecule has 4 N–H and O–H groups in total. The maximum Gasteiger partial charge on any atom is 0.299 e. The van der Waals surface area contributed by atoms with Crippen molar-refractivity contribution in [2.45, 2.75) is 20.8 Å². The van der Waals surface area contributed by atoms with Gasteiger partial charge in [-0.05, 0) is 26.3 Å². The third-order valence-electron chi connectivity index (χ3n) is 2.46. The second kappa shape index (κ2) is 3.98. The predicted molar refractivity (Wildman–Crippen MR) is 60.4 cm³/mol. The monoisotopic (exact) mass is 230 g/mol. The van der Waals surface area contributed by atoms with Gasteiger partial charge in [0, 0.05) is 22.5 Å². The molecule has 0 aromatic heterocycles. The molecule has 1 rings (SSSR count). The lowest BCUT2D eigenvalue weighted by atomic mass is 10.0. The van der Waals surface area contributed by atoms with Crippen molar-refractivity contribution in [2.75, 3.05) is 11.5 Å². The summed E-state index contributed by atoms with van der Waals surface area (Å²) in [6.07, 6.45) is 0. The molecule has 0 aliphatic carbocycles. The summed E-state index contributed by atoms with van der Waals surface area (Å²) in [4.78, 5) is 0. The van der Waals surface area contributed by atoms with Gasteiger partial charge in [-0.1, -0.05) is 0 Å². The highest BCUT2D eigenvalue weighted by Crippen LogP contribution is 2.36. The molecule has 1 aromatic carbocycles. The van der Waals surface area contributed by atoms with Crippen LogP contribution in [0.25, 0.3) is 0 Å². The third kappa shape index (κ3) is 1.99. The van der Waals surface area contributed by atoms with E-state index in [1.807, 2.05) is 0 Å². The molecule has 0 heterocycles. The van der Waals surface area contributed by atoms with E-state index in [1.165, 1.54) is 0 Å². The van der Waals surface area contributed by atoms with Gasteiger partial charge in [0.2, 0.25) is 0 Å². The fourth-order valence-corrected chi connectivity index (χ4v) is 1.87. The number of nitrogens with two attached hydrogens (primary N) is 2. The Morgan fingerprint density at radius 3 is 1.67 bits per heavy atom. The Labute approximate surface area is 90.2 Å². The predicted octanol–water partition coefficient (Wildman–Crippen LogP) is 0.681. The van der Waals surface area contributed by atoms with Gasteiger partial charge in [0.15, 0.2) is 5.75 Å². The lowest BCUT2D eigenvalue weighted by Gasteiger charge is -2.15. The Morgan fingerprint density at radius 1 is 0.933 bits per heavy atom. The first-order valence-electron chi connectivity index (χ1n) is 4.33. The van der Waals surface area contributed by atoms with Crippen LogP contribution in [0.15, 0.2) is 0 Å². The second-order valence-corrected chi connectivity index (χ2v) is 3.98. The van der Waals surface area contributed by atoms with Gasteiger partial charge < -0.3 is 15.7 Å². The molecule has 0 saturated carbocycles. The van der Waals surface area contributed by atoms with Crippen molar-refractivity contribution in [3.63, 3.8) is 0 Å². The minimum atomic E-state index is -2.95. The SMILES string of the molecule is Cc1c(N)c(C)c(O[SH](=O)=O)c(C)c1N. The third-order valence-corrected chi connectivity index (χ3v) is 2.79.